The summed E-state index contributed by atoms with van der Waals surface area (Å²) in [6, 6.07) is 34.3. The number of alkyl halides is 3. The Hall–Kier alpha value is -4.56. The fourth-order valence-corrected chi connectivity index (χ4v) is 5.93. The Morgan fingerprint density at radius 1 is 0.538 bits per heavy atom. The van der Waals surface area contributed by atoms with E-state index < -0.39 is 21.4 Å². The van der Waals surface area contributed by atoms with E-state index in [9.17, 15) is 21.6 Å². The van der Waals surface area contributed by atoms with Crippen molar-refractivity contribution in [1.29, 1.82) is 0 Å². The molecular formula is C31H18F3NO3S. The van der Waals surface area contributed by atoms with Gasteiger partial charge < -0.3 is 8.75 Å². The van der Waals surface area contributed by atoms with Crippen LogP contribution in [0.15, 0.2) is 109 Å². The Morgan fingerprint density at radius 2 is 1.10 bits per heavy atom. The predicted octanol–water partition coefficient (Wildman–Crippen LogP) is 8.47. The normalized spacial score (nSPS) is 12.7. The monoisotopic (exact) mass is 541 g/mol. The van der Waals surface area contributed by atoms with Crippen molar-refractivity contribution in [2.24, 2.45) is 0 Å². The van der Waals surface area contributed by atoms with Gasteiger partial charge in [-0.3, -0.25) is 0 Å². The highest BCUT2D eigenvalue weighted by Gasteiger charge is 2.48. The van der Waals surface area contributed by atoms with Gasteiger partial charge in [0, 0.05) is 16.5 Å². The van der Waals surface area contributed by atoms with Crippen molar-refractivity contribution in [3.63, 3.8) is 0 Å². The number of aromatic nitrogens is 1. The van der Waals surface area contributed by atoms with Gasteiger partial charge in [-0.2, -0.15) is 21.6 Å². The SMILES string of the molecule is O=S(=O)(Oc1ccc2c(c1)c1ccccc1c1cc3c(cc21)c1ccccc1n3-c1ccccc1)C(F)(F)F. The number of fused-ring (bicyclic) bond motifs is 9. The van der Waals surface area contributed by atoms with Crippen molar-refractivity contribution >= 4 is 64.2 Å². The van der Waals surface area contributed by atoms with E-state index in [2.05, 4.69) is 45.1 Å². The maximum absolute atomic E-state index is 13.0. The van der Waals surface area contributed by atoms with Crippen LogP contribution >= 0.6 is 0 Å². The molecule has 1 aromatic heterocycles. The lowest BCUT2D eigenvalue weighted by Crippen LogP contribution is -2.28. The van der Waals surface area contributed by atoms with E-state index in [1.165, 1.54) is 12.1 Å². The zero-order valence-corrected chi connectivity index (χ0v) is 20.9. The first-order valence-corrected chi connectivity index (χ1v) is 13.5. The van der Waals surface area contributed by atoms with Gasteiger partial charge in [-0.25, -0.2) is 0 Å². The molecule has 0 unspecified atom stereocenters. The highest BCUT2D eigenvalue weighted by molar-refractivity contribution is 7.88. The second kappa shape index (κ2) is 8.22. The molecule has 39 heavy (non-hydrogen) atoms. The van der Waals surface area contributed by atoms with Crippen molar-refractivity contribution < 1.29 is 25.8 Å². The van der Waals surface area contributed by atoms with Crippen LogP contribution in [-0.4, -0.2) is 18.5 Å². The van der Waals surface area contributed by atoms with E-state index in [0.29, 0.717) is 5.39 Å². The van der Waals surface area contributed by atoms with Crippen LogP contribution in [0.25, 0.3) is 59.8 Å². The minimum absolute atomic E-state index is 0.397. The maximum Gasteiger partial charge on any atom is 0.534 e. The average Bonchev–Trinajstić information content (AvgIpc) is 3.25. The summed E-state index contributed by atoms with van der Waals surface area (Å²) in [4.78, 5) is 0. The zero-order valence-electron chi connectivity index (χ0n) is 20.1. The van der Waals surface area contributed by atoms with Gasteiger partial charge >= 0.3 is 15.6 Å². The maximum atomic E-state index is 13.0. The van der Waals surface area contributed by atoms with E-state index in [1.54, 1.807) is 6.07 Å². The van der Waals surface area contributed by atoms with Gasteiger partial charge in [-0.1, -0.05) is 60.7 Å². The van der Waals surface area contributed by atoms with Gasteiger partial charge in [0.05, 0.1) is 11.0 Å². The van der Waals surface area contributed by atoms with Crippen LogP contribution in [-0.2, 0) is 10.1 Å². The summed E-state index contributed by atoms with van der Waals surface area (Å²) < 4.78 is 69.0. The third kappa shape index (κ3) is 3.55. The van der Waals surface area contributed by atoms with Crippen molar-refractivity contribution in [3.05, 3.63) is 109 Å². The van der Waals surface area contributed by atoms with E-state index in [-0.39, 0.29) is 0 Å². The third-order valence-electron chi connectivity index (χ3n) is 7.10. The number of benzene rings is 6. The van der Waals surface area contributed by atoms with Gasteiger partial charge in [0.1, 0.15) is 5.75 Å². The molecule has 0 aliphatic heterocycles. The third-order valence-corrected chi connectivity index (χ3v) is 8.08. The molecule has 0 saturated heterocycles. The topological polar surface area (TPSA) is 48.3 Å². The van der Waals surface area contributed by atoms with E-state index >= 15 is 0 Å². The Balaban J connectivity index is 1.59. The lowest BCUT2D eigenvalue weighted by Gasteiger charge is -2.14. The smallest absolute Gasteiger partial charge is 0.376 e. The predicted molar refractivity (Wildman–Crippen MR) is 149 cm³/mol. The van der Waals surface area contributed by atoms with Crippen LogP contribution < -0.4 is 4.18 Å². The van der Waals surface area contributed by atoms with Crippen molar-refractivity contribution in [3.8, 4) is 11.4 Å². The molecule has 0 amide bonds. The summed E-state index contributed by atoms with van der Waals surface area (Å²) in [6.45, 7) is 0. The van der Waals surface area contributed by atoms with E-state index in [1.807, 2.05) is 54.6 Å². The summed E-state index contributed by atoms with van der Waals surface area (Å²) in [6.07, 6.45) is 0. The van der Waals surface area contributed by atoms with Gasteiger partial charge in [0.2, 0.25) is 0 Å². The van der Waals surface area contributed by atoms with Crippen molar-refractivity contribution in [1.82, 2.24) is 4.57 Å². The summed E-state index contributed by atoms with van der Waals surface area (Å²) in [5, 5.41) is 7.01. The standard InChI is InChI=1S/C31H18F3NO3S/c32-31(33,34)39(36,37)38-20-14-15-23-25(16-20)21-10-4-5-11-22(21)27-18-30-28(17-26(23)27)24-12-6-7-13-29(24)35(30)19-8-2-1-3-9-19/h1-18H. The molecule has 0 N–H and O–H groups in total. The molecule has 0 atom stereocenters. The molecule has 0 aliphatic carbocycles. The molecule has 6 aromatic carbocycles. The Kier molecular flexibility index (Phi) is 4.96. The minimum atomic E-state index is -5.79. The minimum Gasteiger partial charge on any atom is -0.376 e. The molecule has 7 rings (SSSR count). The largest absolute Gasteiger partial charge is 0.534 e. The summed E-state index contributed by atoms with van der Waals surface area (Å²) in [5.41, 5.74) is -2.42. The molecule has 0 radical (unpaired) electrons. The lowest BCUT2D eigenvalue weighted by molar-refractivity contribution is -0.0500. The number of hydrogen-bond donors (Lipinski definition) is 0. The number of halogens is 3. The zero-order chi connectivity index (χ0) is 26.9. The molecule has 1 heterocycles. The second-order valence-electron chi connectivity index (χ2n) is 9.34. The highest BCUT2D eigenvalue weighted by atomic mass is 32.2. The molecule has 8 heteroatoms. The van der Waals surface area contributed by atoms with Gasteiger partial charge in [0.15, 0.2) is 0 Å². The molecule has 4 nitrogen and oxygen atoms in total. The number of rotatable bonds is 3. The van der Waals surface area contributed by atoms with E-state index in [4.69, 9.17) is 0 Å². The Labute approximate surface area is 220 Å². The summed E-state index contributed by atoms with van der Waals surface area (Å²) >= 11 is 0. The van der Waals surface area contributed by atoms with Crippen molar-refractivity contribution in [2.75, 3.05) is 0 Å². The first-order valence-electron chi connectivity index (χ1n) is 12.1. The van der Waals surface area contributed by atoms with Crippen LogP contribution in [0.5, 0.6) is 5.75 Å². The highest BCUT2D eigenvalue weighted by Crippen LogP contribution is 2.42. The van der Waals surface area contributed by atoms with Gasteiger partial charge in [-0.15, -0.1) is 0 Å². The molecule has 192 valence electrons. The Morgan fingerprint density at radius 3 is 1.79 bits per heavy atom. The molecule has 0 bridgehead atoms. The van der Waals surface area contributed by atoms with Crippen molar-refractivity contribution in [2.45, 2.75) is 5.51 Å². The number of nitrogens with zero attached hydrogens (tertiary/aromatic N) is 1. The van der Waals surface area contributed by atoms with Crippen LogP contribution in [0.1, 0.15) is 0 Å². The lowest BCUT2D eigenvalue weighted by atomic mass is 9.93. The molecular weight excluding hydrogens is 523 g/mol. The molecule has 0 aliphatic rings. The molecule has 0 spiro atoms. The fourth-order valence-electron chi connectivity index (χ4n) is 5.48. The van der Waals surface area contributed by atoms with E-state index in [0.717, 1.165) is 54.4 Å². The first kappa shape index (κ1) is 23.5. The van der Waals surface area contributed by atoms with Crippen LogP contribution in [0, 0.1) is 0 Å². The summed E-state index contributed by atoms with van der Waals surface area (Å²) in [5.74, 6) is -0.397. The van der Waals surface area contributed by atoms with Gasteiger partial charge in [0.25, 0.3) is 0 Å². The summed E-state index contributed by atoms with van der Waals surface area (Å²) in [7, 11) is -5.79. The van der Waals surface area contributed by atoms with Crippen LogP contribution in [0.3, 0.4) is 0 Å². The average molecular weight is 542 g/mol. The number of hydrogen-bond acceptors (Lipinski definition) is 3. The van der Waals surface area contributed by atoms with Crippen LogP contribution in [0.2, 0.25) is 0 Å². The van der Waals surface area contributed by atoms with Gasteiger partial charge in [-0.05, 0) is 80.8 Å². The first-order chi connectivity index (χ1) is 18.7. The molecule has 0 fully saturated rings. The Bertz CT molecular complexity index is 2200. The molecule has 7 aromatic rings. The second-order valence-corrected chi connectivity index (χ2v) is 10.9. The fraction of sp³-hybridized carbons (Fsp3) is 0.0323. The van der Waals surface area contributed by atoms with Crippen LogP contribution in [0.4, 0.5) is 13.2 Å². The molecule has 0 saturated carbocycles. The number of para-hydroxylation sites is 2. The quantitative estimate of drug-likeness (QED) is 0.128.